The first-order valence-electron chi connectivity index (χ1n) is 5.02. The number of rotatable bonds is 3. The van der Waals surface area contributed by atoms with Crippen LogP contribution >= 0.6 is 11.6 Å². The van der Waals surface area contributed by atoms with Gasteiger partial charge in [0, 0.05) is 0 Å². The molecule has 2 aromatic rings. The Balaban J connectivity index is 2.31. The van der Waals surface area contributed by atoms with Crippen LogP contribution in [0.25, 0.3) is 0 Å². The number of anilines is 1. The number of sulfonamides is 1. The van der Waals surface area contributed by atoms with Gasteiger partial charge >= 0.3 is 0 Å². The predicted molar refractivity (Wildman–Crippen MR) is 69.0 cm³/mol. The maximum absolute atomic E-state index is 12.0. The third-order valence-corrected chi connectivity index (χ3v) is 3.68. The fraction of sp³-hybridized carbons (Fsp3) is 0. The first-order chi connectivity index (χ1) is 9.01. The number of hydrogen-bond acceptors (Lipinski definition) is 5. The molecule has 0 aliphatic rings. The highest BCUT2D eigenvalue weighted by molar-refractivity contribution is 7.92. The van der Waals surface area contributed by atoms with Crippen molar-refractivity contribution in [3.63, 3.8) is 0 Å². The highest BCUT2D eigenvalue weighted by Crippen LogP contribution is 2.16. The van der Waals surface area contributed by atoms with Gasteiger partial charge in [0.1, 0.15) is 4.90 Å². The quantitative estimate of drug-likeness (QED) is 0.871. The van der Waals surface area contributed by atoms with Crippen molar-refractivity contribution >= 4 is 27.3 Å². The third-order valence-electron chi connectivity index (χ3n) is 2.15. The summed E-state index contributed by atoms with van der Waals surface area (Å²) in [4.78, 5) is 7.10. The molecule has 0 spiro atoms. The van der Waals surface area contributed by atoms with Crippen molar-refractivity contribution in [1.29, 1.82) is 5.26 Å². The summed E-state index contributed by atoms with van der Waals surface area (Å²) in [6, 6.07) is 8.04. The first kappa shape index (κ1) is 13.3. The zero-order valence-corrected chi connectivity index (χ0v) is 11.0. The average Bonchev–Trinajstić information content (AvgIpc) is 2.39. The Labute approximate surface area is 114 Å². The summed E-state index contributed by atoms with van der Waals surface area (Å²) in [5.74, 6) is 0. The molecule has 0 aliphatic carbocycles. The van der Waals surface area contributed by atoms with E-state index in [0.717, 1.165) is 12.4 Å². The average molecular weight is 295 g/mol. The maximum Gasteiger partial charge on any atom is 0.264 e. The summed E-state index contributed by atoms with van der Waals surface area (Å²) >= 11 is 5.49. The molecule has 0 aliphatic heterocycles. The van der Waals surface area contributed by atoms with E-state index in [0.29, 0.717) is 5.56 Å². The van der Waals surface area contributed by atoms with E-state index in [1.54, 1.807) is 12.1 Å². The lowest BCUT2D eigenvalue weighted by Crippen LogP contribution is -2.13. The van der Waals surface area contributed by atoms with E-state index >= 15 is 0 Å². The molecule has 1 heterocycles. The van der Waals surface area contributed by atoms with Crippen molar-refractivity contribution in [2.45, 2.75) is 4.90 Å². The minimum Gasteiger partial charge on any atom is -0.279 e. The van der Waals surface area contributed by atoms with E-state index in [9.17, 15) is 8.42 Å². The standard InChI is InChI=1S/C11H7ClN4O2S/c12-11-14-6-10(7-15-11)19(17,18)16-9-3-1-2-8(4-9)5-13/h1-4,6-7,16H. The second-order valence-electron chi connectivity index (χ2n) is 3.49. The second-order valence-corrected chi connectivity index (χ2v) is 5.51. The van der Waals surface area contributed by atoms with Crippen molar-refractivity contribution < 1.29 is 8.42 Å². The number of aromatic nitrogens is 2. The fourth-order valence-corrected chi connectivity index (χ4v) is 2.34. The van der Waals surface area contributed by atoms with Crippen LogP contribution in [0.3, 0.4) is 0 Å². The van der Waals surface area contributed by atoms with E-state index in [4.69, 9.17) is 16.9 Å². The SMILES string of the molecule is N#Cc1cccc(NS(=O)(=O)c2cnc(Cl)nc2)c1. The molecule has 19 heavy (non-hydrogen) atoms. The van der Waals surface area contributed by atoms with Gasteiger partial charge in [-0.15, -0.1) is 0 Å². The number of nitrogens with one attached hydrogen (secondary N) is 1. The normalized spacial score (nSPS) is 10.7. The molecule has 2 rings (SSSR count). The minimum absolute atomic E-state index is 0.0366. The van der Waals surface area contributed by atoms with Crippen LogP contribution in [0.5, 0.6) is 0 Å². The van der Waals surface area contributed by atoms with Crippen LogP contribution in [0.15, 0.2) is 41.6 Å². The number of nitrogens with zero attached hydrogens (tertiary/aromatic N) is 3. The first-order valence-corrected chi connectivity index (χ1v) is 6.88. The monoisotopic (exact) mass is 294 g/mol. The molecule has 0 bridgehead atoms. The fourth-order valence-electron chi connectivity index (χ4n) is 1.31. The molecular weight excluding hydrogens is 288 g/mol. The number of nitriles is 1. The van der Waals surface area contributed by atoms with Crippen LogP contribution < -0.4 is 4.72 Å². The van der Waals surface area contributed by atoms with Gasteiger partial charge < -0.3 is 0 Å². The predicted octanol–water partition coefficient (Wildman–Crippen LogP) is 1.80. The molecule has 8 heteroatoms. The van der Waals surface area contributed by atoms with E-state index in [1.807, 2.05) is 6.07 Å². The van der Waals surface area contributed by atoms with E-state index in [1.165, 1.54) is 12.1 Å². The summed E-state index contributed by atoms with van der Waals surface area (Å²) in [5.41, 5.74) is 0.640. The molecule has 0 amide bonds. The van der Waals surface area contributed by atoms with Crippen molar-refractivity contribution in [3.05, 3.63) is 47.5 Å². The molecular formula is C11H7ClN4O2S. The van der Waals surface area contributed by atoms with Gasteiger partial charge in [0.05, 0.1) is 29.7 Å². The lowest BCUT2D eigenvalue weighted by molar-refractivity contribution is 0.600. The Morgan fingerprint density at radius 3 is 2.58 bits per heavy atom. The Hall–Kier alpha value is -2.17. The molecule has 0 atom stereocenters. The van der Waals surface area contributed by atoms with Crippen LogP contribution in [-0.4, -0.2) is 18.4 Å². The summed E-state index contributed by atoms with van der Waals surface area (Å²) in [6.07, 6.45) is 2.21. The van der Waals surface area contributed by atoms with Crippen LogP contribution in [0, 0.1) is 11.3 Å². The van der Waals surface area contributed by atoms with Gasteiger partial charge in [-0.05, 0) is 29.8 Å². The second kappa shape index (κ2) is 5.22. The lowest BCUT2D eigenvalue weighted by Gasteiger charge is -2.07. The Morgan fingerprint density at radius 2 is 1.95 bits per heavy atom. The van der Waals surface area contributed by atoms with Crippen molar-refractivity contribution in [1.82, 2.24) is 9.97 Å². The summed E-state index contributed by atoms with van der Waals surface area (Å²) in [6.45, 7) is 0. The van der Waals surface area contributed by atoms with Crippen molar-refractivity contribution in [2.75, 3.05) is 4.72 Å². The summed E-state index contributed by atoms with van der Waals surface area (Å²) in [7, 11) is -3.80. The molecule has 6 nitrogen and oxygen atoms in total. The van der Waals surface area contributed by atoms with Gasteiger partial charge in [0.15, 0.2) is 0 Å². The van der Waals surface area contributed by atoms with Gasteiger partial charge in [0.2, 0.25) is 5.28 Å². The van der Waals surface area contributed by atoms with E-state index < -0.39 is 10.0 Å². The maximum atomic E-state index is 12.0. The van der Waals surface area contributed by atoms with Crippen LogP contribution in [0.1, 0.15) is 5.56 Å². The molecule has 1 aromatic heterocycles. The van der Waals surface area contributed by atoms with Gasteiger partial charge in [0.25, 0.3) is 10.0 Å². The van der Waals surface area contributed by atoms with Crippen LogP contribution in [-0.2, 0) is 10.0 Å². The Kier molecular flexibility index (Phi) is 3.64. The largest absolute Gasteiger partial charge is 0.279 e. The molecule has 0 saturated heterocycles. The zero-order chi connectivity index (χ0) is 13.9. The van der Waals surface area contributed by atoms with Gasteiger partial charge in [-0.25, -0.2) is 18.4 Å². The highest BCUT2D eigenvalue weighted by atomic mass is 35.5. The molecule has 0 saturated carbocycles. The Bertz CT molecular complexity index is 738. The lowest BCUT2D eigenvalue weighted by atomic mass is 10.2. The number of halogens is 1. The molecule has 1 N–H and O–H groups in total. The molecule has 0 unspecified atom stereocenters. The zero-order valence-electron chi connectivity index (χ0n) is 9.41. The van der Waals surface area contributed by atoms with Gasteiger partial charge in [-0.3, -0.25) is 4.72 Å². The molecule has 0 radical (unpaired) electrons. The van der Waals surface area contributed by atoms with Crippen molar-refractivity contribution in [3.8, 4) is 6.07 Å². The number of hydrogen-bond donors (Lipinski definition) is 1. The molecule has 96 valence electrons. The summed E-state index contributed by atoms with van der Waals surface area (Å²) < 4.78 is 26.3. The van der Waals surface area contributed by atoms with Crippen molar-refractivity contribution in [2.24, 2.45) is 0 Å². The number of benzene rings is 1. The highest BCUT2D eigenvalue weighted by Gasteiger charge is 2.15. The molecule has 1 aromatic carbocycles. The topological polar surface area (TPSA) is 95.7 Å². The van der Waals surface area contributed by atoms with Crippen LogP contribution in [0.2, 0.25) is 5.28 Å². The van der Waals surface area contributed by atoms with Crippen LogP contribution in [0.4, 0.5) is 5.69 Å². The van der Waals surface area contributed by atoms with Gasteiger partial charge in [-0.2, -0.15) is 5.26 Å². The Morgan fingerprint density at radius 1 is 1.26 bits per heavy atom. The van der Waals surface area contributed by atoms with E-state index in [2.05, 4.69) is 14.7 Å². The van der Waals surface area contributed by atoms with E-state index in [-0.39, 0.29) is 15.9 Å². The third kappa shape index (κ3) is 3.19. The molecule has 0 fully saturated rings. The van der Waals surface area contributed by atoms with Gasteiger partial charge in [-0.1, -0.05) is 6.07 Å². The smallest absolute Gasteiger partial charge is 0.264 e. The minimum atomic E-state index is -3.80. The summed E-state index contributed by atoms with van der Waals surface area (Å²) in [5, 5.41) is 8.71.